The molecule has 124 valence electrons. The van der Waals surface area contributed by atoms with E-state index in [0.717, 1.165) is 11.5 Å². The monoisotopic (exact) mass is 306 g/mol. The van der Waals surface area contributed by atoms with Crippen molar-refractivity contribution in [3.63, 3.8) is 0 Å². The maximum absolute atomic E-state index is 12.0. The number of rotatable bonds is 4. The highest BCUT2D eigenvalue weighted by atomic mass is 16.5. The van der Waals surface area contributed by atoms with Crippen molar-refractivity contribution in [2.45, 2.75) is 55.1 Å². The molecule has 0 saturated carbocycles. The number of esters is 1. The van der Waals surface area contributed by atoms with Crippen molar-refractivity contribution in [3.05, 3.63) is 35.9 Å². The predicted octanol–water partition coefficient (Wildman–Crippen LogP) is 4.64. The van der Waals surface area contributed by atoms with E-state index in [1.54, 1.807) is 0 Å². The molecule has 3 heteroatoms. The molecule has 0 spiro atoms. The SMILES string of the molecule is CC(=O)C(C(=O)OCc1ccccc1)C(C)(C)C.CC(C)C. The molecule has 1 atom stereocenters. The summed E-state index contributed by atoms with van der Waals surface area (Å²) in [5.74, 6) is -0.472. The smallest absolute Gasteiger partial charge is 0.317 e. The van der Waals surface area contributed by atoms with Crippen LogP contribution < -0.4 is 0 Å². The largest absolute Gasteiger partial charge is 0.460 e. The summed E-state index contributed by atoms with van der Waals surface area (Å²) >= 11 is 0. The summed E-state index contributed by atoms with van der Waals surface area (Å²) in [6, 6.07) is 9.43. The van der Waals surface area contributed by atoms with Crippen molar-refractivity contribution >= 4 is 11.8 Å². The van der Waals surface area contributed by atoms with Gasteiger partial charge >= 0.3 is 5.97 Å². The van der Waals surface area contributed by atoms with Crippen LogP contribution in [0.5, 0.6) is 0 Å². The molecule has 1 aromatic carbocycles. The number of hydrogen-bond donors (Lipinski definition) is 0. The first kappa shape index (κ1) is 20.4. The van der Waals surface area contributed by atoms with E-state index < -0.39 is 17.3 Å². The van der Waals surface area contributed by atoms with Gasteiger partial charge in [0.2, 0.25) is 0 Å². The lowest BCUT2D eigenvalue weighted by Crippen LogP contribution is -2.35. The van der Waals surface area contributed by atoms with Crippen LogP contribution in [0.25, 0.3) is 0 Å². The molecule has 0 radical (unpaired) electrons. The zero-order valence-electron chi connectivity index (χ0n) is 15.0. The second-order valence-corrected chi connectivity index (χ2v) is 7.24. The fourth-order valence-electron chi connectivity index (χ4n) is 1.94. The molecule has 0 bridgehead atoms. The van der Waals surface area contributed by atoms with Crippen molar-refractivity contribution in [2.75, 3.05) is 0 Å². The van der Waals surface area contributed by atoms with Gasteiger partial charge in [0.1, 0.15) is 18.3 Å². The van der Waals surface area contributed by atoms with Crippen LogP contribution in [0.15, 0.2) is 30.3 Å². The van der Waals surface area contributed by atoms with Gasteiger partial charge in [0.25, 0.3) is 0 Å². The Balaban J connectivity index is 0.000000980. The number of carbonyl (C=O) groups is 2. The third-order valence-corrected chi connectivity index (χ3v) is 2.73. The van der Waals surface area contributed by atoms with Crippen molar-refractivity contribution < 1.29 is 14.3 Å². The first-order valence-electron chi connectivity index (χ1n) is 7.76. The molecule has 0 aliphatic heterocycles. The van der Waals surface area contributed by atoms with E-state index in [1.807, 2.05) is 51.1 Å². The molecule has 0 aromatic heterocycles. The number of ketones is 1. The molecule has 0 amide bonds. The molecular weight excluding hydrogens is 276 g/mol. The van der Waals surface area contributed by atoms with Gasteiger partial charge in [-0.2, -0.15) is 0 Å². The molecule has 1 unspecified atom stereocenters. The lowest BCUT2D eigenvalue weighted by atomic mass is 9.78. The molecule has 0 aliphatic rings. The Hall–Kier alpha value is -1.64. The van der Waals surface area contributed by atoms with Gasteiger partial charge in [-0.25, -0.2) is 0 Å². The van der Waals surface area contributed by atoms with Crippen LogP contribution in [0.4, 0.5) is 0 Å². The summed E-state index contributed by atoms with van der Waals surface area (Å²) in [6.45, 7) is 13.7. The minimum absolute atomic E-state index is 0.152. The summed E-state index contributed by atoms with van der Waals surface area (Å²) in [7, 11) is 0. The first-order valence-corrected chi connectivity index (χ1v) is 7.76. The molecule has 0 fully saturated rings. The van der Waals surface area contributed by atoms with Crippen LogP contribution in [-0.2, 0) is 20.9 Å². The van der Waals surface area contributed by atoms with E-state index in [0.29, 0.717) is 0 Å². The Morgan fingerprint density at radius 3 is 1.86 bits per heavy atom. The number of Topliss-reactive ketones (excluding diaryl/α,β-unsaturated/α-hetero) is 1. The van der Waals surface area contributed by atoms with E-state index in [-0.39, 0.29) is 12.4 Å². The third kappa shape index (κ3) is 8.60. The van der Waals surface area contributed by atoms with Gasteiger partial charge in [-0.1, -0.05) is 71.9 Å². The van der Waals surface area contributed by atoms with Crippen LogP contribution in [0.1, 0.15) is 54.0 Å². The molecular formula is C19H30O3. The zero-order valence-corrected chi connectivity index (χ0v) is 15.0. The van der Waals surface area contributed by atoms with Crippen molar-refractivity contribution in [2.24, 2.45) is 17.3 Å². The second-order valence-electron chi connectivity index (χ2n) is 7.24. The van der Waals surface area contributed by atoms with Crippen LogP contribution >= 0.6 is 0 Å². The minimum Gasteiger partial charge on any atom is -0.460 e. The van der Waals surface area contributed by atoms with Gasteiger partial charge in [-0.15, -0.1) is 0 Å². The Kier molecular flexibility index (Phi) is 8.69. The summed E-state index contributed by atoms with van der Waals surface area (Å²) < 4.78 is 5.22. The number of carbonyl (C=O) groups excluding carboxylic acids is 2. The quantitative estimate of drug-likeness (QED) is 0.601. The van der Waals surface area contributed by atoms with Crippen LogP contribution in [0.3, 0.4) is 0 Å². The third-order valence-electron chi connectivity index (χ3n) is 2.73. The van der Waals surface area contributed by atoms with E-state index >= 15 is 0 Å². The van der Waals surface area contributed by atoms with E-state index in [2.05, 4.69) is 20.8 Å². The fourth-order valence-corrected chi connectivity index (χ4v) is 1.94. The molecule has 0 aliphatic carbocycles. The Bertz CT molecular complexity index is 453. The van der Waals surface area contributed by atoms with Crippen LogP contribution in [-0.4, -0.2) is 11.8 Å². The van der Waals surface area contributed by atoms with Gasteiger partial charge in [-0.3, -0.25) is 9.59 Å². The molecule has 1 rings (SSSR count). The molecule has 0 heterocycles. The lowest BCUT2D eigenvalue weighted by Gasteiger charge is -2.26. The number of ether oxygens (including phenoxy) is 1. The number of benzene rings is 1. The summed E-state index contributed by atoms with van der Waals surface area (Å²) in [4.78, 5) is 23.5. The summed E-state index contributed by atoms with van der Waals surface area (Å²) in [6.07, 6.45) is 0. The maximum atomic E-state index is 12.0. The highest BCUT2D eigenvalue weighted by Gasteiger charge is 2.36. The maximum Gasteiger partial charge on any atom is 0.317 e. The molecule has 0 saturated heterocycles. The molecule has 1 aromatic rings. The standard InChI is InChI=1S/C15H20O3.C4H10/c1-11(16)13(15(2,3)4)14(17)18-10-12-8-6-5-7-9-12;1-4(2)3/h5-9,13H,10H2,1-4H3;4H,1-3H3. The highest BCUT2D eigenvalue weighted by molar-refractivity contribution is 5.98. The second kappa shape index (κ2) is 9.39. The fraction of sp³-hybridized carbons (Fsp3) is 0.579. The molecule has 22 heavy (non-hydrogen) atoms. The van der Waals surface area contributed by atoms with E-state index in [1.165, 1.54) is 6.92 Å². The Morgan fingerprint density at radius 1 is 1.05 bits per heavy atom. The van der Waals surface area contributed by atoms with Gasteiger partial charge < -0.3 is 4.74 Å². The van der Waals surface area contributed by atoms with Crippen molar-refractivity contribution in [1.82, 2.24) is 0 Å². The van der Waals surface area contributed by atoms with Gasteiger partial charge in [0.15, 0.2) is 0 Å². The average molecular weight is 306 g/mol. The van der Waals surface area contributed by atoms with Gasteiger partial charge in [0, 0.05) is 0 Å². The van der Waals surface area contributed by atoms with Crippen LogP contribution in [0.2, 0.25) is 0 Å². The Labute approximate surface area is 135 Å². The van der Waals surface area contributed by atoms with E-state index in [9.17, 15) is 9.59 Å². The predicted molar refractivity (Wildman–Crippen MR) is 90.4 cm³/mol. The summed E-state index contributed by atoms with van der Waals surface area (Å²) in [5.41, 5.74) is 0.502. The van der Waals surface area contributed by atoms with Crippen molar-refractivity contribution in [3.8, 4) is 0 Å². The summed E-state index contributed by atoms with van der Waals surface area (Å²) in [5, 5.41) is 0. The average Bonchev–Trinajstić information content (AvgIpc) is 2.34. The van der Waals surface area contributed by atoms with E-state index in [4.69, 9.17) is 4.74 Å². The lowest BCUT2D eigenvalue weighted by molar-refractivity contribution is -0.157. The number of hydrogen-bond acceptors (Lipinski definition) is 3. The van der Waals surface area contributed by atoms with Crippen molar-refractivity contribution in [1.29, 1.82) is 0 Å². The van der Waals surface area contributed by atoms with Gasteiger partial charge in [-0.05, 0) is 23.8 Å². The highest BCUT2D eigenvalue weighted by Crippen LogP contribution is 2.28. The topological polar surface area (TPSA) is 43.4 Å². The van der Waals surface area contributed by atoms with Gasteiger partial charge in [0.05, 0.1) is 0 Å². The first-order chi connectivity index (χ1) is 10.1. The zero-order chi connectivity index (χ0) is 17.3. The Morgan fingerprint density at radius 2 is 1.50 bits per heavy atom. The minimum atomic E-state index is -0.707. The molecule has 0 N–H and O–H groups in total. The molecule has 3 nitrogen and oxygen atoms in total. The van der Waals surface area contributed by atoms with Crippen LogP contribution in [0, 0.1) is 17.3 Å². The normalized spacial score (nSPS) is 12.2.